The molecule has 0 unspecified atom stereocenters. The third kappa shape index (κ3) is 4.03. The van der Waals surface area contributed by atoms with Gasteiger partial charge in [-0.25, -0.2) is 4.39 Å². The molecule has 1 aliphatic carbocycles. The zero-order valence-electron chi connectivity index (χ0n) is 12.8. The number of benzene rings is 1. The summed E-state index contributed by atoms with van der Waals surface area (Å²) in [5, 5.41) is 0. The van der Waals surface area contributed by atoms with E-state index in [1.165, 1.54) is 31.4 Å². The Morgan fingerprint density at radius 2 is 2.05 bits per heavy atom. The lowest BCUT2D eigenvalue weighted by Crippen LogP contribution is -2.42. The Balaban J connectivity index is 2.19. The Bertz CT molecular complexity index is 484. The number of aryl methyl sites for hydroxylation is 1. The molecule has 4 heteroatoms. The van der Waals surface area contributed by atoms with Crippen molar-refractivity contribution in [2.24, 2.45) is 5.73 Å². The van der Waals surface area contributed by atoms with Gasteiger partial charge in [-0.3, -0.25) is 4.79 Å². The first-order valence-corrected chi connectivity index (χ1v) is 7.90. The average Bonchev–Trinajstić information content (AvgIpc) is 2.48. The number of nitrogens with two attached hydrogens (primary N) is 1. The summed E-state index contributed by atoms with van der Waals surface area (Å²) in [5.41, 5.74) is 6.92. The maximum absolute atomic E-state index is 13.2. The second-order valence-electron chi connectivity index (χ2n) is 5.89. The van der Waals surface area contributed by atoms with Crippen LogP contribution >= 0.6 is 0 Å². The van der Waals surface area contributed by atoms with E-state index in [0.29, 0.717) is 30.3 Å². The summed E-state index contributed by atoms with van der Waals surface area (Å²) in [6, 6.07) is 4.70. The summed E-state index contributed by atoms with van der Waals surface area (Å²) >= 11 is 0. The highest BCUT2D eigenvalue weighted by Gasteiger charge is 2.26. The molecule has 1 aliphatic rings. The van der Waals surface area contributed by atoms with Crippen LogP contribution in [-0.4, -0.2) is 29.9 Å². The van der Waals surface area contributed by atoms with Gasteiger partial charge in [0.15, 0.2) is 0 Å². The molecule has 21 heavy (non-hydrogen) atoms. The standard InChI is InChI=1S/C17H25FN2O/c1-13-12-14(18)8-9-16(13)17(21)20(11-5-10-19)15-6-3-2-4-7-15/h8-9,12,15H,2-7,10-11,19H2,1H3. The van der Waals surface area contributed by atoms with Crippen molar-refractivity contribution < 1.29 is 9.18 Å². The number of carbonyl (C=O) groups excluding carboxylic acids is 1. The highest BCUT2D eigenvalue weighted by molar-refractivity contribution is 5.95. The monoisotopic (exact) mass is 292 g/mol. The van der Waals surface area contributed by atoms with Gasteiger partial charge >= 0.3 is 0 Å². The summed E-state index contributed by atoms with van der Waals surface area (Å²) in [6.07, 6.45) is 6.56. The number of nitrogens with zero attached hydrogens (tertiary/aromatic N) is 1. The molecule has 1 amide bonds. The van der Waals surface area contributed by atoms with Crippen LogP contribution in [0.5, 0.6) is 0 Å². The van der Waals surface area contributed by atoms with E-state index in [9.17, 15) is 9.18 Å². The Kier molecular flexibility index (Phi) is 5.74. The number of halogens is 1. The first-order chi connectivity index (χ1) is 10.1. The van der Waals surface area contributed by atoms with E-state index in [0.717, 1.165) is 19.3 Å². The fourth-order valence-corrected chi connectivity index (χ4v) is 3.13. The first kappa shape index (κ1) is 16.0. The third-order valence-electron chi connectivity index (χ3n) is 4.30. The topological polar surface area (TPSA) is 46.3 Å². The summed E-state index contributed by atoms with van der Waals surface area (Å²) in [6.45, 7) is 3.06. The second kappa shape index (κ2) is 7.55. The van der Waals surface area contributed by atoms with Crippen LogP contribution in [0.2, 0.25) is 0 Å². The van der Waals surface area contributed by atoms with Crippen molar-refractivity contribution in [2.75, 3.05) is 13.1 Å². The van der Waals surface area contributed by atoms with Crippen LogP contribution < -0.4 is 5.73 Å². The molecule has 1 saturated carbocycles. The Morgan fingerprint density at radius 1 is 1.33 bits per heavy atom. The molecule has 0 heterocycles. The van der Waals surface area contributed by atoms with Crippen LogP contribution in [0.15, 0.2) is 18.2 Å². The van der Waals surface area contributed by atoms with Gasteiger partial charge in [0.2, 0.25) is 0 Å². The molecule has 2 N–H and O–H groups in total. The van der Waals surface area contributed by atoms with Crippen LogP contribution in [0.25, 0.3) is 0 Å². The molecule has 0 radical (unpaired) electrons. The van der Waals surface area contributed by atoms with E-state index in [1.807, 2.05) is 4.90 Å². The Morgan fingerprint density at radius 3 is 2.67 bits per heavy atom. The van der Waals surface area contributed by atoms with Gasteiger partial charge in [0.05, 0.1) is 0 Å². The lowest BCUT2D eigenvalue weighted by Gasteiger charge is -2.35. The fourth-order valence-electron chi connectivity index (χ4n) is 3.13. The smallest absolute Gasteiger partial charge is 0.254 e. The van der Waals surface area contributed by atoms with Gasteiger partial charge in [-0.2, -0.15) is 0 Å². The summed E-state index contributed by atoms with van der Waals surface area (Å²) < 4.78 is 13.2. The molecular formula is C17H25FN2O. The molecule has 0 aromatic heterocycles. The zero-order valence-corrected chi connectivity index (χ0v) is 12.8. The van der Waals surface area contributed by atoms with Crippen molar-refractivity contribution in [3.63, 3.8) is 0 Å². The van der Waals surface area contributed by atoms with Crippen LogP contribution in [0, 0.1) is 12.7 Å². The maximum Gasteiger partial charge on any atom is 0.254 e. The summed E-state index contributed by atoms with van der Waals surface area (Å²) in [7, 11) is 0. The van der Waals surface area contributed by atoms with Gasteiger partial charge < -0.3 is 10.6 Å². The minimum absolute atomic E-state index is 0.0212. The van der Waals surface area contributed by atoms with Crippen LogP contribution in [0.1, 0.15) is 54.4 Å². The van der Waals surface area contributed by atoms with Gasteiger partial charge in [0.25, 0.3) is 5.91 Å². The molecule has 0 aliphatic heterocycles. The fraction of sp³-hybridized carbons (Fsp3) is 0.588. The maximum atomic E-state index is 13.2. The Hall–Kier alpha value is -1.42. The van der Waals surface area contributed by atoms with E-state index in [1.54, 1.807) is 13.0 Å². The van der Waals surface area contributed by atoms with Crippen molar-refractivity contribution in [2.45, 2.75) is 51.5 Å². The molecular weight excluding hydrogens is 267 g/mol. The zero-order chi connectivity index (χ0) is 15.2. The van der Waals surface area contributed by atoms with Gasteiger partial charge in [-0.15, -0.1) is 0 Å². The van der Waals surface area contributed by atoms with E-state index >= 15 is 0 Å². The average molecular weight is 292 g/mol. The second-order valence-corrected chi connectivity index (χ2v) is 5.89. The predicted molar refractivity (Wildman–Crippen MR) is 82.7 cm³/mol. The highest BCUT2D eigenvalue weighted by Crippen LogP contribution is 2.25. The minimum Gasteiger partial charge on any atom is -0.336 e. The SMILES string of the molecule is Cc1cc(F)ccc1C(=O)N(CCCN)C1CCCCC1. The lowest BCUT2D eigenvalue weighted by atomic mass is 9.93. The van der Waals surface area contributed by atoms with E-state index in [4.69, 9.17) is 5.73 Å². The molecule has 116 valence electrons. The number of rotatable bonds is 5. The minimum atomic E-state index is -0.296. The highest BCUT2D eigenvalue weighted by atomic mass is 19.1. The number of hydrogen-bond acceptors (Lipinski definition) is 2. The molecule has 0 spiro atoms. The predicted octanol–water partition coefficient (Wildman–Crippen LogP) is 3.26. The van der Waals surface area contributed by atoms with E-state index < -0.39 is 0 Å². The van der Waals surface area contributed by atoms with Crippen LogP contribution in [-0.2, 0) is 0 Å². The van der Waals surface area contributed by atoms with E-state index in [-0.39, 0.29) is 11.7 Å². The first-order valence-electron chi connectivity index (χ1n) is 7.90. The van der Waals surface area contributed by atoms with Gasteiger partial charge in [-0.1, -0.05) is 19.3 Å². The molecule has 0 bridgehead atoms. The molecule has 1 aromatic carbocycles. The summed E-state index contributed by atoms with van der Waals surface area (Å²) in [4.78, 5) is 14.8. The van der Waals surface area contributed by atoms with Crippen molar-refractivity contribution >= 4 is 5.91 Å². The van der Waals surface area contributed by atoms with Crippen LogP contribution in [0.4, 0.5) is 4.39 Å². The third-order valence-corrected chi connectivity index (χ3v) is 4.30. The van der Waals surface area contributed by atoms with Crippen molar-refractivity contribution in [1.82, 2.24) is 4.90 Å². The quantitative estimate of drug-likeness (QED) is 0.905. The number of hydrogen-bond donors (Lipinski definition) is 1. The van der Waals surface area contributed by atoms with Crippen LogP contribution in [0.3, 0.4) is 0 Å². The van der Waals surface area contributed by atoms with Gasteiger partial charge in [0.1, 0.15) is 5.82 Å². The normalized spacial score (nSPS) is 16.0. The number of amides is 1. The van der Waals surface area contributed by atoms with Crippen molar-refractivity contribution in [3.8, 4) is 0 Å². The van der Waals surface area contributed by atoms with Crippen molar-refractivity contribution in [3.05, 3.63) is 35.1 Å². The molecule has 1 fully saturated rings. The molecule has 0 saturated heterocycles. The van der Waals surface area contributed by atoms with E-state index in [2.05, 4.69) is 0 Å². The number of carbonyl (C=O) groups is 1. The lowest BCUT2D eigenvalue weighted by molar-refractivity contribution is 0.0632. The molecule has 2 rings (SSSR count). The summed E-state index contributed by atoms with van der Waals surface area (Å²) in [5.74, 6) is -0.275. The molecule has 1 aromatic rings. The molecule has 0 atom stereocenters. The molecule has 3 nitrogen and oxygen atoms in total. The van der Waals surface area contributed by atoms with Crippen molar-refractivity contribution in [1.29, 1.82) is 0 Å². The largest absolute Gasteiger partial charge is 0.336 e. The van der Waals surface area contributed by atoms with Gasteiger partial charge in [-0.05, 0) is 56.5 Å². The van der Waals surface area contributed by atoms with Gasteiger partial charge in [0, 0.05) is 18.2 Å². The Labute approximate surface area is 126 Å².